The lowest BCUT2D eigenvalue weighted by Crippen LogP contribution is -2.34. The third-order valence-electron chi connectivity index (χ3n) is 4.80. The third kappa shape index (κ3) is 6.85. The maximum atomic E-state index is 13.5. The van der Waals surface area contributed by atoms with Crippen molar-refractivity contribution < 1.29 is 36.2 Å². The van der Waals surface area contributed by atoms with Crippen molar-refractivity contribution in [2.24, 2.45) is 5.92 Å². The molecule has 1 aromatic heterocycles. The first-order valence-corrected chi connectivity index (χ1v) is 13.0. The van der Waals surface area contributed by atoms with Gasteiger partial charge in [0.1, 0.15) is 12.4 Å². The van der Waals surface area contributed by atoms with Crippen LogP contribution < -0.4 is 9.04 Å². The number of benzene rings is 2. The minimum atomic E-state index is -4.66. The molecule has 0 aliphatic carbocycles. The van der Waals surface area contributed by atoms with Crippen molar-refractivity contribution in [3.8, 4) is 5.75 Å². The lowest BCUT2D eigenvalue weighted by atomic mass is 10.1. The standard InChI is InChI=1S/C24H23F3N2O5S2/c1-16(2)14-29(36(32,33)23-28-11-12-35-23)20-9-8-19(24(25,26)27)13-21(20)34-15-18-5-3-17(4-6-18)7-10-22(30)31/h3-13,16H,14-15H2,1-2H3,(H,30,31). The van der Waals surface area contributed by atoms with Crippen LogP contribution in [0, 0.1) is 5.92 Å². The van der Waals surface area contributed by atoms with E-state index in [0.717, 1.165) is 39.9 Å². The number of ether oxygens (including phenoxy) is 1. The van der Waals surface area contributed by atoms with Crippen molar-refractivity contribution in [1.82, 2.24) is 4.98 Å². The van der Waals surface area contributed by atoms with Gasteiger partial charge < -0.3 is 9.84 Å². The Hall–Kier alpha value is -3.38. The Bertz CT molecular complexity index is 1320. The van der Waals surface area contributed by atoms with E-state index in [2.05, 4.69) is 4.98 Å². The normalized spacial score (nSPS) is 12.3. The fourth-order valence-electron chi connectivity index (χ4n) is 3.16. The summed E-state index contributed by atoms with van der Waals surface area (Å²) in [4.78, 5) is 14.5. The molecule has 0 atom stereocenters. The predicted molar refractivity (Wildman–Crippen MR) is 130 cm³/mol. The molecule has 1 N–H and O–H groups in total. The largest absolute Gasteiger partial charge is 0.487 e. The minimum Gasteiger partial charge on any atom is -0.487 e. The number of carboxylic acid groups (broad SMARTS) is 1. The minimum absolute atomic E-state index is 0.00571. The highest BCUT2D eigenvalue weighted by Crippen LogP contribution is 2.39. The highest BCUT2D eigenvalue weighted by atomic mass is 32.2. The second kappa shape index (κ2) is 11.1. The van der Waals surface area contributed by atoms with Gasteiger partial charge in [-0.15, -0.1) is 11.3 Å². The summed E-state index contributed by atoms with van der Waals surface area (Å²) in [7, 11) is -4.15. The van der Waals surface area contributed by atoms with Crippen LogP contribution in [0.5, 0.6) is 5.75 Å². The van der Waals surface area contributed by atoms with Crippen molar-refractivity contribution in [2.75, 3.05) is 10.8 Å². The average Bonchev–Trinajstić information content (AvgIpc) is 3.36. The van der Waals surface area contributed by atoms with E-state index in [0.29, 0.717) is 11.1 Å². The molecule has 1 heterocycles. The lowest BCUT2D eigenvalue weighted by Gasteiger charge is -2.27. The van der Waals surface area contributed by atoms with E-state index in [1.165, 1.54) is 17.7 Å². The summed E-state index contributed by atoms with van der Waals surface area (Å²) < 4.78 is 73.6. The van der Waals surface area contributed by atoms with Crippen molar-refractivity contribution in [1.29, 1.82) is 0 Å². The second-order valence-electron chi connectivity index (χ2n) is 8.11. The summed E-state index contributed by atoms with van der Waals surface area (Å²) in [5.74, 6) is -1.50. The Morgan fingerprint density at radius 2 is 1.89 bits per heavy atom. The lowest BCUT2D eigenvalue weighted by molar-refractivity contribution is -0.137. The van der Waals surface area contributed by atoms with E-state index >= 15 is 0 Å². The molecule has 36 heavy (non-hydrogen) atoms. The number of nitrogens with zero attached hydrogens (tertiary/aromatic N) is 2. The van der Waals surface area contributed by atoms with Gasteiger partial charge in [0, 0.05) is 24.2 Å². The molecule has 0 saturated carbocycles. The van der Waals surface area contributed by atoms with E-state index in [1.807, 2.05) is 0 Å². The van der Waals surface area contributed by atoms with Crippen LogP contribution in [0.3, 0.4) is 0 Å². The van der Waals surface area contributed by atoms with Crippen molar-refractivity contribution >= 4 is 39.1 Å². The Morgan fingerprint density at radius 3 is 2.44 bits per heavy atom. The molecule has 0 aliphatic rings. The van der Waals surface area contributed by atoms with Gasteiger partial charge in [0.25, 0.3) is 10.0 Å². The Kier molecular flexibility index (Phi) is 8.41. The maximum Gasteiger partial charge on any atom is 0.416 e. The number of halogens is 3. The number of hydrogen-bond acceptors (Lipinski definition) is 6. The molecule has 3 aromatic rings. The number of carboxylic acids is 1. The molecule has 7 nitrogen and oxygen atoms in total. The molecular formula is C24H23F3N2O5S2. The van der Waals surface area contributed by atoms with Gasteiger partial charge in [0.15, 0.2) is 0 Å². The van der Waals surface area contributed by atoms with Crippen LogP contribution in [0.4, 0.5) is 18.9 Å². The molecule has 192 valence electrons. The van der Waals surface area contributed by atoms with Gasteiger partial charge in [-0.3, -0.25) is 4.31 Å². The number of thiazole rings is 1. The molecule has 0 radical (unpaired) electrons. The van der Waals surface area contributed by atoms with Crippen LogP contribution in [0.1, 0.15) is 30.5 Å². The van der Waals surface area contributed by atoms with Crippen molar-refractivity contribution in [2.45, 2.75) is 31.0 Å². The molecular weight excluding hydrogens is 517 g/mol. The van der Waals surface area contributed by atoms with E-state index in [-0.39, 0.29) is 34.8 Å². The first-order valence-electron chi connectivity index (χ1n) is 10.6. The number of carbonyl (C=O) groups is 1. The summed E-state index contributed by atoms with van der Waals surface area (Å²) in [6, 6.07) is 9.21. The van der Waals surface area contributed by atoms with Gasteiger partial charge >= 0.3 is 12.1 Å². The smallest absolute Gasteiger partial charge is 0.416 e. The van der Waals surface area contributed by atoms with Crippen molar-refractivity contribution in [3.05, 3.63) is 76.8 Å². The van der Waals surface area contributed by atoms with Crippen LogP contribution in [-0.2, 0) is 27.6 Å². The topological polar surface area (TPSA) is 96.8 Å². The average molecular weight is 541 g/mol. The zero-order valence-corrected chi connectivity index (χ0v) is 20.9. The van der Waals surface area contributed by atoms with Gasteiger partial charge in [-0.1, -0.05) is 38.1 Å². The van der Waals surface area contributed by atoms with E-state index in [9.17, 15) is 26.4 Å². The summed E-state index contributed by atoms with van der Waals surface area (Å²) in [6.07, 6.45) is -0.950. The number of hydrogen-bond donors (Lipinski definition) is 1. The number of anilines is 1. The van der Waals surface area contributed by atoms with Crippen LogP contribution >= 0.6 is 11.3 Å². The van der Waals surface area contributed by atoms with E-state index < -0.39 is 27.7 Å². The third-order valence-corrected chi connectivity index (χ3v) is 7.76. The molecule has 0 fully saturated rings. The summed E-state index contributed by atoms with van der Waals surface area (Å²) >= 11 is 0.907. The highest BCUT2D eigenvalue weighted by molar-refractivity contribution is 7.94. The van der Waals surface area contributed by atoms with Crippen LogP contribution in [-0.4, -0.2) is 31.0 Å². The summed E-state index contributed by atoms with van der Waals surface area (Å²) in [5.41, 5.74) is 0.182. The zero-order chi connectivity index (χ0) is 26.5. The highest BCUT2D eigenvalue weighted by Gasteiger charge is 2.34. The number of aromatic nitrogens is 1. The van der Waals surface area contributed by atoms with Gasteiger partial charge in [-0.25, -0.2) is 9.78 Å². The fourth-order valence-corrected chi connectivity index (χ4v) is 5.72. The van der Waals surface area contributed by atoms with Gasteiger partial charge in [-0.05, 0) is 41.3 Å². The molecule has 0 unspecified atom stereocenters. The second-order valence-corrected chi connectivity index (χ2v) is 11.0. The van der Waals surface area contributed by atoms with E-state index in [4.69, 9.17) is 9.84 Å². The van der Waals surface area contributed by atoms with Crippen LogP contribution in [0.2, 0.25) is 0 Å². The number of aliphatic carboxylic acids is 1. The molecule has 0 bridgehead atoms. The molecule has 3 rings (SSSR count). The van der Waals surface area contributed by atoms with Gasteiger partial charge in [0.2, 0.25) is 4.34 Å². The fraction of sp³-hybridized carbons (Fsp3) is 0.250. The molecule has 0 amide bonds. The van der Waals surface area contributed by atoms with Crippen LogP contribution in [0.15, 0.2) is 64.5 Å². The Morgan fingerprint density at radius 1 is 1.19 bits per heavy atom. The molecule has 0 spiro atoms. The first-order chi connectivity index (χ1) is 16.9. The molecule has 0 aliphatic heterocycles. The van der Waals surface area contributed by atoms with E-state index in [1.54, 1.807) is 38.1 Å². The monoisotopic (exact) mass is 540 g/mol. The van der Waals surface area contributed by atoms with Gasteiger partial charge in [-0.2, -0.15) is 21.6 Å². The first kappa shape index (κ1) is 27.2. The zero-order valence-electron chi connectivity index (χ0n) is 19.3. The molecule has 2 aromatic carbocycles. The molecule has 0 saturated heterocycles. The Balaban J connectivity index is 1.99. The SMILES string of the molecule is CC(C)CN(c1ccc(C(F)(F)F)cc1OCc1ccc(C=CC(=O)O)cc1)S(=O)(=O)c1nccs1. The van der Waals surface area contributed by atoms with Crippen molar-refractivity contribution in [3.63, 3.8) is 0 Å². The number of sulfonamides is 1. The summed E-state index contributed by atoms with van der Waals surface area (Å²) in [5, 5.41) is 10.2. The molecule has 12 heteroatoms. The maximum absolute atomic E-state index is 13.5. The predicted octanol–water partition coefficient (Wildman–Crippen LogP) is 5.69. The van der Waals surface area contributed by atoms with Crippen LogP contribution in [0.25, 0.3) is 6.08 Å². The summed E-state index contributed by atoms with van der Waals surface area (Å²) in [6.45, 7) is 3.42. The Labute approximate surface area is 210 Å². The van der Waals surface area contributed by atoms with Gasteiger partial charge in [0.05, 0.1) is 11.3 Å². The quantitative estimate of drug-likeness (QED) is 0.332. The number of rotatable bonds is 10. The number of alkyl halides is 3.